The van der Waals surface area contributed by atoms with E-state index in [2.05, 4.69) is 26.3 Å². The third-order valence-corrected chi connectivity index (χ3v) is 4.78. The number of carbonyl (C=O) groups is 1. The number of nitrogens with zero attached hydrogens (tertiary/aromatic N) is 3. The number of rotatable bonds is 5. The molecule has 4 N–H and O–H groups in total. The molecule has 7 heteroatoms. The zero-order valence-corrected chi connectivity index (χ0v) is 16.2. The Balaban J connectivity index is 1.79. The second-order valence-corrected chi connectivity index (χ2v) is 6.66. The Bertz CT molecular complexity index is 1330. The van der Waals surface area contributed by atoms with Crippen LogP contribution in [0.4, 0.5) is 5.82 Å². The van der Waals surface area contributed by atoms with E-state index < -0.39 is 5.91 Å². The number of primary amides is 1. The van der Waals surface area contributed by atoms with Gasteiger partial charge in [0.1, 0.15) is 23.1 Å². The van der Waals surface area contributed by atoms with E-state index in [1.54, 1.807) is 12.4 Å². The van der Waals surface area contributed by atoms with E-state index in [-0.39, 0.29) is 5.57 Å². The van der Waals surface area contributed by atoms with E-state index in [9.17, 15) is 4.79 Å². The van der Waals surface area contributed by atoms with Gasteiger partial charge in [-0.25, -0.2) is 9.97 Å². The number of nitrogens with one attached hydrogen (secondary N) is 2. The summed E-state index contributed by atoms with van der Waals surface area (Å²) in [6, 6.07) is 15.3. The first-order valence-electron chi connectivity index (χ1n) is 9.22. The van der Waals surface area contributed by atoms with Gasteiger partial charge in [-0.2, -0.15) is 5.26 Å². The van der Waals surface area contributed by atoms with Crippen LogP contribution in [0.15, 0.2) is 66.6 Å². The minimum atomic E-state index is -0.749. The van der Waals surface area contributed by atoms with Crippen molar-refractivity contribution < 1.29 is 4.79 Å². The molecule has 0 aliphatic carbocycles. The van der Waals surface area contributed by atoms with Crippen molar-refractivity contribution in [2.75, 3.05) is 12.4 Å². The average molecular weight is 394 g/mol. The molecule has 0 saturated heterocycles. The van der Waals surface area contributed by atoms with E-state index >= 15 is 0 Å². The molecule has 7 nitrogen and oxygen atoms in total. The summed E-state index contributed by atoms with van der Waals surface area (Å²) < 4.78 is 0. The lowest BCUT2D eigenvalue weighted by atomic mass is 10.0. The lowest BCUT2D eigenvalue weighted by Crippen LogP contribution is -2.12. The number of nitrogens with two attached hydrogens (primary N) is 1. The van der Waals surface area contributed by atoms with Gasteiger partial charge in [-0.15, -0.1) is 0 Å². The fourth-order valence-electron chi connectivity index (χ4n) is 3.27. The smallest absolute Gasteiger partial charge is 0.259 e. The number of nitriles is 1. The average Bonchev–Trinajstić information content (AvgIpc) is 3.20. The second-order valence-electron chi connectivity index (χ2n) is 6.66. The molecule has 0 atom stereocenters. The number of aromatic nitrogens is 3. The molecule has 0 unspecified atom stereocenters. The molecule has 0 aliphatic rings. The molecule has 4 rings (SSSR count). The van der Waals surface area contributed by atoms with Crippen LogP contribution in [-0.4, -0.2) is 27.9 Å². The molecule has 0 bridgehead atoms. The maximum atomic E-state index is 11.3. The summed E-state index contributed by atoms with van der Waals surface area (Å²) in [5.74, 6) is 0.0365. The summed E-state index contributed by atoms with van der Waals surface area (Å²) in [5.41, 5.74) is 10.5. The number of hydrogen-bond acceptors (Lipinski definition) is 5. The van der Waals surface area contributed by atoms with Crippen LogP contribution in [0.1, 0.15) is 5.56 Å². The third-order valence-electron chi connectivity index (χ3n) is 4.78. The number of carbonyl (C=O) groups excluding carboxylic acids is 1. The SMILES string of the molecule is CNc1cc(-c2c[nH]c3ncc(-c4cccc(C=C(C#N)C(N)=O)c4)cc23)ccn1. The minimum absolute atomic E-state index is 0.0910. The van der Waals surface area contributed by atoms with Crippen molar-refractivity contribution in [1.82, 2.24) is 15.0 Å². The Hall–Kier alpha value is -4.44. The first kappa shape index (κ1) is 18.9. The van der Waals surface area contributed by atoms with Crippen molar-refractivity contribution in [3.05, 3.63) is 72.2 Å². The van der Waals surface area contributed by atoms with Crippen molar-refractivity contribution in [3.8, 4) is 28.3 Å². The molecule has 3 aromatic heterocycles. The summed E-state index contributed by atoms with van der Waals surface area (Å²) in [7, 11) is 1.83. The summed E-state index contributed by atoms with van der Waals surface area (Å²) in [6.07, 6.45) is 6.96. The first-order valence-corrected chi connectivity index (χ1v) is 9.22. The number of H-pyrrole nitrogens is 1. The predicted molar refractivity (Wildman–Crippen MR) is 117 cm³/mol. The van der Waals surface area contributed by atoms with Gasteiger partial charge < -0.3 is 16.0 Å². The quantitative estimate of drug-likeness (QED) is 0.352. The number of amides is 1. The maximum Gasteiger partial charge on any atom is 0.259 e. The number of fused-ring (bicyclic) bond motifs is 1. The summed E-state index contributed by atoms with van der Waals surface area (Å²) >= 11 is 0. The Kier molecular flexibility index (Phi) is 4.97. The number of pyridine rings is 2. The molecular weight excluding hydrogens is 376 g/mol. The van der Waals surface area contributed by atoms with Crippen LogP contribution in [0.2, 0.25) is 0 Å². The van der Waals surface area contributed by atoms with Gasteiger partial charge in [-0.3, -0.25) is 4.79 Å². The van der Waals surface area contributed by atoms with Crippen molar-refractivity contribution >= 4 is 28.8 Å². The summed E-state index contributed by atoms with van der Waals surface area (Å²) in [5, 5.41) is 13.1. The predicted octanol–water partition coefficient (Wildman–Crippen LogP) is 3.73. The Morgan fingerprint density at radius 1 is 1.17 bits per heavy atom. The monoisotopic (exact) mass is 394 g/mol. The molecule has 0 radical (unpaired) electrons. The molecule has 1 aromatic carbocycles. The van der Waals surface area contributed by atoms with Crippen LogP contribution in [0, 0.1) is 11.3 Å². The number of anilines is 1. The maximum absolute atomic E-state index is 11.3. The van der Waals surface area contributed by atoms with Crippen molar-refractivity contribution in [1.29, 1.82) is 5.26 Å². The largest absolute Gasteiger partial charge is 0.373 e. The van der Waals surface area contributed by atoms with Gasteiger partial charge >= 0.3 is 0 Å². The van der Waals surface area contributed by atoms with Gasteiger partial charge in [0.05, 0.1) is 0 Å². The minimum Gasteiger partial charge on any atom is -0.373 e. The highest BCUT2D eigenvalue weighted by molar-refractivity contribution is 6.01. The topological polar surface area (TPSA) is 120 Å². The van der Waals surface area contributed by atoms with E-state index in [4.69, 9.17) is 11.0 Å². The molecule has 0 fully saturated rings. The second kappa shape index (κ2) is 7.89. The Morgan fingerprint density at radius 3 is 2.80 bits per heavy atom. The lowest BCUT2D eigenvalue weighted by molar-refractivity contribution is -0.114. The van der Waals surface area contributed by atoms with Crippen molar-refractivity contribution in [2.24, 2.45) is 5.73 Å². The zero-order valence-electron chi connectivity index (χ0n) is 16.2. The van der Waals surface area contributed by atoms with Crippen LogP contribution < -0.4 is 11.1 Å². The van der Waals surface area contributed by atoms with E-state index in [0.29, 0.717) is 5.56 Å². The van der Waals surface area contributed by atoms with Gasteiger partial charge in [0, 0.05) is 42.2 Å². The number of hydrogen-bond donors (Lipinski definition) is 3. The van der Waals surface area contributed by atoms with Gasteiger partial charge in [0.25, 0.3) is 5.91 Å². The normalized spacial score (nSPS) is 11.3. The van der Waals surface area contributed by atoms with Crippen LogP contribution in [0.5, 0.6) is 0 Å². The zero-order chi connectivity index (χ0) is 21.1. The number of aromatic amines is 1. The van der Waals surface area contributed by atoms with Crippen LogP contribution in [0.25, 0.3) is 39.4 Å². The van der Waals surface area contributed by atoms with Crippen LogP contribution >= 0.6 is 0 Å². The van der Waals surface area contributed by atoms with Gasteiger partial charge in [-0.05, 0) is 47.0 Å². The molecule has 146 valence electrons. The fourth-order valence-corrected chi connectivity index (χ4v) is 3.27. The summed E-state index contributed by atoms with van der Waals surface area (Å²) in [6.45, 7) is 0. The van der Waals surface area contributed by atoms with E-state index in [1.165, 1.54) is 6.08 Å². The van der Waals surface area contributed by atoms with E-state index in [0.717, 1.165) is 39.1 Å². The highest BCUT2D eigenvalue weighted by atomic mass is 16.1. The third kappa shape index (κ3) is 3.62. The molecule has 30 heavy (non-hydrogen) atoms. The molecular formula is C23H18N6O. The molecule has 0 spiro atoms. The van der Waals surface area contributed by atoms with Gasteiger partial charge in [0.2, 0.25) is 0 Å². The van der Waals surface area contributed by atoms with Gasteiger partial charge in [0.15, 0.2) is 0 Å². The molecule has 0 saturated carbocycles. The highest BCUT2D eigenvalue weighted by Gasteiger charge is 2.10. The molecule has 0 aliphatic heterocycles. The fraction of sp³-hybridized carbons (Fsp3) is 0.0435. The Labute approximate surface area is 172 Å². The van der Waals surface area contributed by atoms with Gasteiger partial charge in [-0.1, -0.05) is 18.2 Å². The van der Waals surface area contributed by atoms with Crippen LogP contribution in [0.3, 0.4) is 0 Å². The molecule has 4 aromatic rings. The van der Waals surface area contributed by atoms with E-state index in [1.807, 2.05) is 55.7 Å². The Morgan fingerprint density at radius 2 is 2.03 bits per heavy atom. The lowest BCUT2D eigenvalue weighted by Gasteiger charge is -2.06. The molecule has 1 amide bonds. The summed E-state index contributed by atoms with van der Waals surface area (Å²) in [4.78, 5) is 23.4. The van der Waals surface area contributed by atoms with Crippen LogP contribution in [-0.2, 0) is 4.79 Å². The van der Waals surface area contributed by atoms with Crippen molar-refractivity contribution in [2.45, 2.75) is 0 Å². The molecule has 3 heterocycles. The number of benzene rings is 1. The highest BCUT2D eigenvalue weighted by Crippen LogP contribution is 2.32. The first-order chi connectivity index (χ1) is 14.6. The van der Waals surface area contributed by atoms with Crippen molar-refractivity contribution in [3.63, 3.8) is 0 Å². The standard InChI is InChI=1S/C23H18N6O/c1-26-21-10-16(5-6-27-21)20-13-29-23-19(20)9-18(12-28-23)15-4-2-3-14(7-15)8-17(11-24)22(25)30/h2-10,12-13H,1H3,(H2,25,30)(H,26,27)(H,28,29).